The second-order valence-electron chi connectivity index (χ2n) is 1.26. The topological polar surface area (TPSA) is 20.2 Å². The Bertz CT molecular complexity index is 134. The Morgan fingerprint density at radius 3 is 2.71 bits per heavy atom. The molecule has 7 heavy (non-hydrogen) atoms. The highest BCUT2D eigenvalue weighted by molar-refractivity contribution is 5.17. The SMILES string of the molecule is Oc1c[c-]ccc1. The van der Waals surface area contributed by atoms with Crippen molar-refractivity contribution in [3.8, 4) is 5.75 Å². The summed E-state index contributed by atoms with van der Waals surface area (Å²) < 4.78 is 0. The summed E-state index contributed by atoms with van der Waals surface area (Å²) in [6, 6.07) is 9.30. The van der Waals surface area contributed by atoms with Crippen molar-refractivity contribution >= 4 is 0 Å². The van der Waals surface area contributed by atoms with Gasteiger partial charge >= 0.3 is 0 Å². The predicted octanol–water partition coefficient (Wildman–Crippen LogP) is 1.19. The van der Waals surface area contributed by atoms with E-state index in [-0.39, 0.29) is 5.75 Å². The molecule has 0 amide bonds. The highest BCUT2D eigenvalue weighted by Crippen LogP contribution is 2.02. The van der Waals surface area contributed by atoms with E-state index in [1.165, 1.54) is 6.07 Å². The first-order chi connectivity index (χ1) is 3.39. The summed E-state index contributed by atoms with van der Waals surface area (Å²) in [4.78, 5) is 0. The van der Waals surface area contributed by atoms with E-state index in [1.54, 1.807) is 18.2 Å². The molecule has 0 unspecified atom stereocenters. The van der Waals surface area contributed by atoms with Gasteiger partial charge in [0.15, 0.2) is 0 Å². The van der Waals surface area contributed by atoms with Crippen molar-refractivity contribution in [2.75, 3.05) is 0 Å². The number of hydrogen-bond donors (Lipinski definition) is 1. The Labute approximate surface area is 42.2 Å². The lowest BCUT2D eigenvalue weighted by molar-refractivity contribution is 0.475. The van der Waals surface area contributed by atoms with Gasteiger partial charge in [-0.05, 0) is 0 Å². The van der Waals surface area contributed by atoms with Crippen LogP contribution in [0.15, 0.2) is 24.3 Å². The van der Waals surface area contributed by atoms with Crippen LogP contribution in [0.5, 0.6) is 5.75 Å². The molecule has 0 fully saturated rings. The number of phenolic OH excluding ortho intramolecular Hbond substituents is 1. The third-order valence-corrected chi connectivity index (χ3v) is 0.691. The maximum absolute atomic E-state index is 8.60. The lowest BCUT2D eigenvalue weighted by atomic mass is 10.3. The summed E-state index contributed by atoms with van der Waals surface area (Å²) in [5, 5.41) is 8.60. The van der Waals surface area contributed by atoms with Gasteiger partial charge < -0.3 is 5.11 Å². The van der Waals surface area contributed by atoms with Gasteiger partial charge in [0.2, 0.25) is 0 Å². The van der Waals surface area contributed by atoms with Crippen LogP contribution in [0.3, 0.4) is 0 Å². The first-order valence-electron chi connectivity index (χ1n) is 2.04. The average molecular weight is 93.1 g/mol. The zero-order valence-electron chi connectivity index (χ0n) is 3.76. The second-order valence-corrected chi connectivity index (χ2v) is 1.26. The van der Waals surface area contributed by atoms with Crippen LogP contribution in [0.25, 0.3) is 0 Å². The molecule has 0 aliphatic heterocycles. The highest BCUT2D eigenvalue weighted by atomic mass is 16.3. The number of benzene rings is 1. The molecule has 0 saturated carbocycles. The normalized spacial score (nSPS) is 8.57. The monoisotopic (exact) mass is 93.0 g/mol. The van der Waals surface area contributed by atoms with Gasteiger partial charge in [0.05, 0.1) is 0 Å². The van der Waals surface area contributed by atoms with E-state index >= 15 is 0 Å². The largest absolute Gasteiger partial charge is 0.566 e. The summed E-state index contributed by atoms with van der Waals surface area (Å²) in [6.45, 7) is 0. The summed E-state index contributed by atoms with van der Waals surface area (Å²) in [6.07, 6.45) is 0. The van der Waals surface area contributed by atoms with Gasteiger partial charge in [-0.1, -0.05) is 0 Å². The molecule has 0 bridgehead atoms. The van der Waals surface area contributed by atoms with E-state index < -0.39 is 0 Å². The van der Waals surface area contributed by atoms with Gasteiger partial charge in [-0.2, -0.15) is 18.2 Å². The molecule has 0 spiro atoms. The van der Waals surface area contributed by atoms with Crippen LogP contribution in [-0.2, 0) is 0 Å². The Kier molecular flexibility index (Phi) is 0.984. The molecule has 0 aliphatic carbocycles. The molecular weight excluding hydrogens is 88.1 g/mol. The molecule has 1 rings (SSSR count). The zero-order valence-corrected chi connectivity index (χ0v) is 3.76. The van der Waals surface area contributed by atoms with E-state index in [9.17, 15) is 0 Å². The maximum atomic E-state index is 8.60. The average Bonchev–Trinajstić information content (AvgIpc) is 1.69. The number of rotatable bonds is 0. The van der Waals surface area contributed by atoms with Crippen LogP contribution < -0.4 is 0 Å². The van der Waals surface area contributed by atoms with Gasteiger partial charge in [-0.15, -0.1) is 12.1 Å². The predicted molar refractivity (Wildman–Crippen MR) is 26.9 cm³/mol. The van der Waals surface area contributed by atoms with Gasteiger partial charge in [0, 0.05) is 5.75 Å². The minimum atomic E-state index is 0.266. The lowest BCUT2D eigenvalue weighted by Gasteiger charge is -1.92. The van der Waals surface area contributed by atoms with Crippen LogP contribution in [0.2, 0.25) is 0 Å². The molecule has 0 atom stereocenters. The van der Waals surface area contributed by atoms with E-state index in [2.05, 4.69) is 6.07 Å². The Morgan fingerprint density at radius 2 is 2.43 bits per heavy atom. The Morgan fingerprint density at radius 1 is 1.57 bits per heavy atom. The van der Waals surface area contributed by atoms with Gasteiger partial charge in [-0.3, -0.25) is 0 Å². The van der Waals surface area contributed by atoms with Crippen molar-refractivity contribution < 1.29 is 5.11 Å². The van der Waals surface area contributed by atoms with Crippen molar-refractivity contribution in [1.29, 1.82) is 0 Å². The molecule has 36 valence electrons. The Balaban J connectivity index is 3.02. The van der Waals surface area contributed by atoms with E-state index in [1.807, 2.05) is 0 Å². The van der Waals surface area contributed by atoms with Crippen molar-refractivity contribution in [3.63, 3.8) is 0 Å². The third kappa shape index (κ3) is 0.929. The van der Waals surface area contributed by atoms with Crippen molar-refractivity contribution in [1.82, 2.24) is 0 Å². The molecule has 0 heterocycles. The maximum Gasteiger partial charge on any atom is 0.00321 e. The summed E-state index contributed by atoms with van der Waals surface area (Å²) in [5.74, 6) is 0.266. The fourth-order valence-electron chi connectivity index (χ4n) is 0.384. The minimum absolute atomic E-state index is 0.266. The summed E-state index contributed by atoms with van der Waals surface area (Å²) in [5.41, 5.74) is 0. The van der Waals surface area contributed by atoms with Crippen LogP contribution in [-0.4, -0.2) is 5.11 Å². The first-order valence-corrected chi connectivity index (χ1v) is 2.04. The quantitative estimate of drug-likeness (QED) is 0.478. The van der Waals surface area contributed by atoms with Crippen molar-refractivity contribution in [3.05, 3.63) is 30.3 Å². The van der Waals surface area contributed by atoms with E-state index in [0.29, 0.717) is 0 Å². The summed E-state index contributed by atoms with van der Waals surface area (Å²) in [7, 11) is 0. The molecule has 0 aromatic heterocycles. The number of hydrogen-bond acceptors (Lipinski definition) is 1. The van der Waals surface area contributed by atoms with Gasteiger partial charge in [0.1, 0.15) is 0 Å². The molecule has 1 N–H and O–H groups in total. The fraction of sp³-hybridized carbons (Fsp3) is 0. The lowest BCUT2D eigenvalue weighted by Crippen LogP contribution is -1.57. The van der Waals surface area contributed by atoms with Crippen molar-refractivity contribution in [2.45, 2.75) is 0 Å². The van der Waals surface area contributed by atoms with E-state index in [0.717, 1.165) is 0 Å². The van der Waals surface area contributed by atoms with Crippen LogP contribution in [0.1, 0.15) is 0 Å². The molecule has 1 aromatic carbocycles. The van der Waals surface area contributed by atoms with Crippen LogP contribution in [0.4, 0.5) is 0 Å². The second kappa shape index (κ2) is 1.65. The fourth-order valence-corrected chi connectivity index (χ4v) is 0.384. The molecule has 1 aromatic rings. The van der Waals surface area contributed by atoms with Crippen LogP contribution in [0, 0.1) is 6.07 Å². The molecule has 1 heteroatoms. The number of aromatic hydroxyl groups is 1. The van der Waals surface area contributed by atoms with E-state index in [4.69, 9.17) is 5.11 Å². The zero-order chi connectivity index (χ0) is 5.11. The van der Waals surface area contributed by atoms with Crippen molar-refractivity contribution in [2.24, 2.45) is 0 Å². The standard InChI is InChI=1S/C6H5O/c7-6-4-2-1-3-5-6/h1-2,4-5,7H/q-1. The molecular formula is C6H5O-. The number of phenols is 1. The minimum Gasteiger partial charge on any atom is -0.566 e. The molecule has 0 radical (unpaired) electrons. The molecule has 0 aliphatic rings. The summed E-state index contributed by atoms with van der Waals surface area (Å²) >= 11 is 0. The van der Waals surface area contributed by atoms with Gasteiger partial charge in [0.25, 0.3) is 0 Å². The smallest absolute Gasteiger partial charge is 0.00321 e. The van der Waals surface area contributed by atoms with Crippen LogP contribution >= 0.6 is 0 Å². The molecule has 0 saturated heterocycles. The highest BCUT2D eigenvalue weighted by Gasteiger charge is 1.63. The third-order valence-electron chi connectivity index (χ3n) is 0.691. The Hall–Kier alpha value is -0.980. The van der Waals surface area contributed by atoms with Gasteiger partial charge in [-0.25, -0.2) is 0 Å². The first kappa shape index (κ1) is 4.19. The molecule has 1 nitrogen and oxygen atoms in total.